The van der Waals surface area contributed by atoms with E-state index < -0.39 is 21.7 Å². The molecule has 2 aromatic rings. The van der Waals surface area contributed by atoms with Crippen molar-refractivity contribution in [1.29, 1.82) is 0 Å². The van der Waals surface area contributed by atoms with Crippen LogP contribution in [0.4, 0.5) is 14.5 Å². The van der Waals surface area contributed by atoms with Gasteiger partial charge < -0.3 is 0 Å². The average Bonchev–Trinajstić information content (AvgIpc) is 2.69. The summed E-state index contributed by atoms with van der Waals surface area (Å²) >= 11 is 0. The fourth-order valence-corrected chi connectivity index (χ4v) is 3.18. The predicted octanol–water partition coefficient (Wildman–Crippen LogP) is 2.60. The zero-order chi connectivity index (χ0) is 15.8. The molecule has 0 aliphatic heterocycles. The Labute approximate surface area is 121 Å². The van der Waals surface area contributed by atoms with Crippen molar-refractivity contribution in [1.82, 2.24) is 9.78 Å². The zero-order valence-corrected chi connectivity index (χ0v) is 12.6. The number of rotatable bonds is 4. The van der Waals surface area contributed by atoms with Crippen LogP contribution in [0.25, 0.3) is 0 Å². The van der Waals surface area contributed by atoms with Crippen LogP contribution in [0.2, 0.25) is 0 Å². The summed E-state index contributed by atoms with van der Waals surface area (Å²) in [6.07, 6.45) is 0. The van der Waals surface area contributed by atoms with Crippen molar-refractivity contribution in [2.45, 2.75) is 32.2 Å². The molecule has 0 spiro atoms. The molecule has 8 heteroatoms. The van der Waals surface area contributed by atoms with Gasteiger partial charge >= 0.3 is 0 Å². The van der Waals surface area contributed by atoms with E-state index in [1.165, 1.54) is 0 Å². The largest absolute Gasteiger partial charge is 0.276 e. The molecule has 1 heterocycles. The lowest BCUT2D eigenvalue weighted by atomic mass is 10.3. The van der Waals surface area contributed by atoms with E-state index in [1.54, 1.807) is 18.5 Å². The van der Waals surface area contributed by atoms with E-state index in [1.807, 2.05) is 6.92 Å². The summed E-state index contributed by atoms with van der Waals surface area (Å²) in [6.45, 7) is 5.88. The van der Waals surface area contributed by atoms with Gasteiger partial charge in [0.25, 0.3) is 10.0 Å². The number of halogens is 2. The third-order valence-electron chi connectivity index (χ3n) is 3.12. The van der Waals surface area contributed by atoms with E-state index >= 15 is 0 Å². The highest BCUT2D eigenvalue weighted by Gasteiger charge is 2.20. The first-order valence-electron chi connectivity index (χ1n) is 6.28. The standard InChI is InChI=1S/C13H15F2N3O2S/c1-4-18-9(3)13(8(2)16-18)17-21(19,20)10-5-6-11(14)12(15)7-10/h5-7,17H,4H2,1-3H3. The van der Waals surface area contributed by atoms with Crippen molar-refractivity contribution >= 4 is 15.7 Å². The van der Waals surface area contributed by atoms with Gasteiger partial charge in [0.1, 0.15) is 0 Å². The Morgan fingerprint density at radius 3 is 2.43 bits per heavy atom. The van der Waals surface area contributed by atoms with Gasteiger partial charge in [0, 0.05) is 6.54 Å². The lowest BCUT2D eigenvalue weighted by Gasteiger charge is -2.09. The van der Waals surface area contributed by atoms with Gasteiger partial charge in [0.2, 0.25) is 0 Å². The van der Waals surface area contributed by atoms with Crippen molar-refractivity contribution in [2.75, 3.05) is 4.72 Å². The number of sulfonamides is 1. The third-order valence-corrected chi connectivity index (χ3v) is 4.47. The first-order valence-corrected chi connectivity index (χ1v) is 7.76. The van der Waals surface area contributed by atoms with E-state index in [9.17, 15) is 17.2 Å². The Kier molecular flexibility index (Phi) is 3.99. The number of benzene rings is 1. The second kappa shape index (κ2) is 5.44. The molecule has 0 bridgehead atoms. The smallest absolute Gasteiger partial charge is 0.262 e. The number of hydrogen-bond donors (Lipinski definition) is 1. The van der Waals surface area contributed by atoms with E-state index in [-0.39, 0.29) is 4.90 Å². The molecule has 1 aromatic heterocycles. The molecule has 0 atom stereocenters. The maximum atomic E-state index is 13.2. The van der Waals surface area contributed by atoms with Crippen LogP contribution in [0.1, 0.15) is 18.3 Å². The lowest BCUT2D eigenvalue weighted by molar-refractivity contribution is 0.504. The number of nitrogens with zero attached hydrogens (tertiary/aromatic N) is 2. The zero-order valence-electron chi connectivity index (χ0n) is 11.8. The molecule has 0 aliphatic rings. The molecule has 0 saturated carbocycles. The summed E-state index contributed by atoms with van der Waals surface area (Å²) in [6, 6.07) is 2.43. The topological polar surface area (TPSA) is 64.0 Å². The molecular formula is C13H15F2N3O2S. The van der Waals surface area contributed by atoms with E-state index in [0.29, 0.717) is 29.7 Å². The van der Waals surface area contributed by atoms with Gasteiger partial charge in [-0.25, -0.2) is 17.2 Å². The Bertz CT molecular complexity index is 785. The van der Waals surface area contributed by atoms with Gasteiger partial charge in [-0.1, -0.05) is 0 Å². The molecule has 0 radical (unpaired) electrons. The number of aromatic nitrogens is 2. The Balaban J connectivity index is 2.42. The predicted molar refractivity (Wildman–Crippen MR) is 74.5 cm³/mol. The van der Waals surface area contributed by atoms with Crippen molar-refractivity contribution < 1.29 is 17.2 Å². The highest BCUT2D eigenvalue weighted by atomic mass is 32.2. The van der Waals surface area contributed by atoms with Crippen LogP contribution < -0.4 is 4.72 Å². The maximum absolute atomic E-state index is 13.2. The van der Waals surface area contributed by atoms with Crippen LogP contribution in [0.5, 0.6) is 0 Å². The Morgan fingerprint density at radius 1 is 1.24 bits per heavy atom. The fourth-order valence-electron chi connectivity index (χ4n) is 1.99. The second-order valence-corrected chi connectivity index (χ2v) is 6.23. The summed E-state index contributed by atoms with van der Waals surface area (Å²) in [5, 5.41) is 4.19. The molecule has 0 fully saturated rings. The highest BCUT2D eigenvalue weighted by molar-refractivity contribution is 7.92. The van der Waals surface area contributed by atoms with Gasteiger partial charge in [-0.15, -0.1) is 0 Å². The molecule has 1 N–H and O–H groups in total. The molecule has 5 nitrogen and oxygen atoms in total. The van der Waals surface area contributed by atoms with Crippen molar-refractivity contribution in [3.8, 4) is 0 Å². The van der Waals surface area contributed by atoms with E-state index in [4.69, 9.17) is 0 Å². The Hall–Kier alpha value is -1.96. The van der Waals surface area contributed by atoms with Gasteiger partial charge in [-0.2, -0.15) is 5.10 Å². The summed E-state index contributed by atoms with van der Waals surface area (Å²) in [4.78, 5) is -0.343. The summed E-state index contributed by atoms with van der Waals surface area (Å²) in [7, 11) is -4.00. The normalized spacial score (nSPS) is 11.7. The SMILES string of the molecule is CCn1nc(C)c(NS(=O)(=O)c2ccc(F)c(F)c2)c1C. The third kappa shape index (κ3) is 2.90. The van der Waals surface area contributed by atoms with Gasteiger partial charge in [0.15, 0.2) is 11.6 Å². The molecular weight excluding hydrogens is 300 g/mol. The maximum Gasteiger partial charge on any atom is 0.262 e. The van der Waals surface area contributed by atoms with Crippen LogP contribution in [0.3, 0.4) is 0 Å². The highest BCUT2D eigenvalue weighted by Crippen LogP contribution is 2.24. The lowest BCUT2D eigenvalue weighted by Crippen LogP contribution is -2.14. The van der Waals surface area contributed by atoms with Gasteiger partial charge in [-0.3, -0.25) is 9.40 Å². The Morgan fingerprint density at radius 2 is 1.90 bits per heavy atom. The van der Waals surface area contributed by atoms with Crippen LogP contribution in [0.15, 0.2) is 23.1 Å². The quantitative estimate of drug-likeness (QED) is 0.943. The fraction of sp³-hybridized carbons (Fsp3) is 0.308. The van der Waals surface area contributed by atoms with E-state index in [0.717, 1.165) is 12.1 Å². The van der Waals surface area contributed by atoms with Crippen LogP contribution in [0, 0.1) is 25.5 Å². The monoisotopic (exact) mass is 315 g/mol. The number of aryl methyl sites for hydroxylation is 2. The molecule has 1 aromatic carbocycles. The number of hydrogen-bond acceptors (Lipinski definition) is 3. The molecule has 114 valence electrons. The minimum Gasteiger partial charge on any atom is -0.276 e. The molecule has 2 rings (SSSR count). The first kappa shape index (κ1) is 15.4. The van der Waals surface area contributed by atoms with Crippen molar-refractivity contribution in [3.05, 3.63) is 41.2 Å². The summed E-state index contributed by atoms with van der Waals surface area (Å²) in [5.74, 6) is -2.31. The second-order valence-electron chi connectivity index (χ2n) is 4.54. The average molecular weight is 315 g/mol. The van der Waals surface area contributed by atoms with Gasteiger partial charge in [-0.05, 0) is 39.0 Å². The summed E-state index contributed by atoms with van der Waals surface area (Å²) < 4.78 is 54.6. The molecule has 0 unspecified atom stereocenters. The minimum atomic E-state index is -4.00. The van der Waals surface area contributed by atoms with Crippen molar-refractivity contribution in [2.24, 2.45) is 0 Å². The van der Waals surface area contributed by atoms with E-state index in [2.05, 4.69) is 9.82 Å². The van der Waals surface area contributed by atoms with Crippen LogP contribution >= 0.6 is 0 Å². The molecule has 0 amide bonds. The van der Waals surface area contributed by atoms with Crippen molar-refractivity contribution in [3.63, 3.8) is 0 Å². The molecule has 0 saturated heterocycles. The molecule has 0 aliphatic carbocycles. The number of nitrogens with one attached hydrogen (secondary N) is 1. The minimum absolute atomic E-state index is 0.343. The molecule has 21 heavy (non-hydrogen) atoms. The first-order chi connectivity index (χ1) is 9.76. The van der Waals surface area contributed by atoms with Crippen LogP contribution in [-0.2, 0) is 16.6 Å². The van der Waals surface area contributed by atoms with Crippen LogP contribution in [-0.4, -0.2) is 18.2 Å². The number of anilines is 1. The van der Waals surface area contributed by atoms with Gasteiger partial charge in [0.05, 0.1) is 22.0 Å². The summed E-state index contributed by atoms with van der Waals surface area (Å²) in [5.41, 5.74) is 1.52.